The van der Waals surface area contributed by atoms with Crippen molar-refractivity contribution in [3.63, 3.8) is 0 Å². The summed E-state index contributed by atoms with van der Waals surface area (Å²) in [4.78, 5) is 0. The fourth-order valence-electron chi connectivity index (χ4n) is 6.42. The molecule has 0 saturated heterocycles. The molecule has 0 radical (unpaired) electrons. The molecule has 0 fully saturated rings. The van der Waals surface area contributed by atoms with Gasteiger partial charge < -0.3 is 0 Å². The minimum atomic E-state index is 0.243. The van der Waals surface area contributed by atoms with E-state index in [2.05, 4.69) is 125 Å². The second-order valence-corrected chi connectivity index (χ2v) is 10.6. The van der Waals surface area contributed by atoms with E-state index in [1.807, 2.05) is 0 Å². The SMILES string of the molecule is CCC(C)Cc1c2ccccc2c(C(C)c2c3ccccc3c(C)c3ccccc23)c2ccccc12. The van der Waals surface area contributed by atoms with Gasteiger partial charge >= 0.3 is 0 Å². The molecule has 6 aromatic rings. The highest BCUT2D eigenvalue weighted by Crippen LogP contribution is 2.44. The van der Waals surface area contributed by atoms with Crippen LogP contribution in [0.4, 0.5) is 0 Å². The number of aryl methyl sites for hydroxylation is 1. The predicted molar refractivity (Wildman–Crippen MR) is 158 cm³/mol. The van der Waals surface area contributed by atoms with Crippen molar-refractivity contribution in [1.29, 1.82) is 0 Å². The lowest BCUT2D eigenvalue weighted by Crippen LogP contribution is -2.05. The Morgan fingerprint density at radius 3 is 1.22 bits per heavy atom. The van der Waals surface area contributed by atoms with E-state index in [0.29, 0.717) is 5.92 Å². The largest absolute Gasteiger partial charge is 0.0651 e. The van der Waals surface area contributed by atoms with Crippen molar-refractivity contribution in [2.75, 3.05) is 0 Å². The summed E-state index contributed by atoms with van der Waals surface area (Å²) in [6, 6.07) is 36.2. The van der Waals surface area contributed by atoms with E-state index >= 15 is 0 Å². The van der Waals surface area contributed by atoms with Gasteiger partial charge in [-0.1, -0.05) is 124 Å². The summed E-state index contributed by atoms with van der Waals surface area (Å²) < 4.78 is 0. The fourth-order valence-corrected chi connectivity index (χ4v) is 6.42. The van der Waals surface area contributed by atoms with Crippen LogP contribution in [0.3, 0.4) is 0 Å². The zero-order valence-electron chi connectivity index (χ0n) is 21.8. The standard InChI is InChI=1S/C36H34/c1-5-23(2)22-34-28-16-8-12-20-32(28)36(33-21-13-9-17-29(33)34)25(4)35-30-18-10-6-14-26(30)24(3)27-15-7-11-19-31(27)35/h6-21,23,25H,5,22H2,1-4H3. The van der Waals surface area contributed by atoms with Crippen molar-refractivity contribution >= 4 is 43.1 Å². The van der Waals surface area contributed by atoms with Gasteiger partial charge in [-0.15, -0.1) is 0 Å². The Labute approximate surface area is 214 Å². The normalized spacial score (nSPS) is 13.6. The van der Waals surface area contributed by atoms with E-state index in [1.165, 1.54) is 71.8 Å². The van der Waals surface area contributed by atoms with E-state index in [-0.39, 0.29) is 5.92 Å². The molecule has 0 aliphatic rings. The molecule has 0 aliphatic heterocycles. The van der Waals surface area contributed by atoms with Crippen molar-refractivity contribution in [2.45, 2.75) is 46.5 Å². The highest BCUT2D eigenvalue weighted by Gasteiger charge is 2.23. The van der Waals surface area contributed by atoms with Gasteiger partial charge in [0.2, 0.25) is 0 Å². The van der Waals surface area contributed by atoms with Crippen LogP contribution in [-0.4, -0.2) is 0 Å². The number of hydrogen-bond donors (Lipinski definition) is 0. The Bertz CT molecular complexity index is 1620. The maximum Gasteiger partial charge on any atom is 0.00856 e. The Hall–Kier alpha value is -3.64. The minimum absolute atomic E-state index is 0.243. The Balaban J connectivity index is 1.74. The maximum absolute atomic E-state index is 2.42. The maximum atomic E-state index is 2.42. The van der Waals surface area contributed by atoms with Crippen LogP contribution in [0, 0.1) is 12.8 Å². The second kappa shape index (κ2) is 9.10. The molecular weight excluding hydrogens is 432 g/mol. The zero-order chi connectivity index (χ0) is 24.8. The van der Waals surface area contributed by atoms with Crippen molar-refractivity contribution in [3.8, 4) is 0 Å². The van der Waals surface area contributed by atoms with E-state index in [9.17, 15) is 0 Å². The molecule has 2 unspecified atom stereocenters. The van der Waals surface area contributed by atoms with Crippen LogP contribution in [-0.2, 0) is 6.42 Å². The van der Waals surface area contributed by atoms with Gasteiger partial charge in [0.1, 0.15) is 0 Å². The summed E-state index contributed by atoms with van der Waals surface area (Å²) in [5, 5.41) is 11.1. The molecule has 0 saturated carbocycles. The molecule has 0 amide bonds. The summed E-state index contributed by atoms with van der Waals surface area (Å²) in [7, 11) is 0. The van der Waals surface area contributed by atoms with Crippen molar-refractivity contribution in [1.82, 2.24) is 0 Å². The van der Waals surface area contributed by atoms with Crippen molar-refractivity contribution in [3.05, 3.63) is 119 Å². The topological polar surface area (TPSA) is 0 Å². The monoisotopic (exact) mass is 466 g/mol. The van der Waals surface area contributed by atoms with Crippen LogP contribution in [0.2, 0.25) is 0 Å². The van der Waals surface area contributed by atoms with Gasteiger partial charge in [-0.05, 0) is 84.6 Å². The summed E-state index contributed by atoms with van der Waals surface area (Å²) in [5.41, 5.74) is 5.77. The Morgan fingerprint density at radius 2 is 0.833 bits per heavy atom. The van der Waals surface area contributed by atoms with Crippen LogP contribution in [0.5, 0.6) is 0 Å². The number of hydrogen-bond acceptors (Lipinski definition) is 0. The molecule has 36 heavy (non-hydrogen) atoms. The molecule has 0 spiro atoms. The molecule has 6 rings (SSSR count). The van der Waals surface area contributed by atoms with Crippen molar-refractivity contribution < 1.29 is 0 Å². The zero-order valence-corrected chi connectivity index (χ0v) is 21.8. The summed E-state index contributed by atoms with van der Waals surface area (Å²) >= 11 is 0. The molecule has 2 atom stereocenters. The lowest BCUT2D eigenvalue weighted by molar-refractivity contribution is 0.564. The predicted octanol–water partition coefficient (Wildman–Crippen LogP) is 10.3. The first-order chi connectivity index (χ1) is 17.6. The number of benzene rings is 6. The molecular formula is C36H34. The first kappa shape index (κ1) is 22.8. The molecule has 0 nitrogen and oxygen atoms in total. The highest BCUT2D eigenvalue weighted by atomic mass is 14.3. The third kappa shape index (κ3) is 3.51. The lowest BCUT2D eigenvalue weighted by atomic mass is 9.78. The fraction of sp³-hybridized carbons (Fsp3) is 0.222. The number of fused-ring (bicyclic) bond motifs is 4. The lowest BCUT2D eigenvalue weighted by Gasteiger charge is -2.25. The van der Waals surface area contributed by atoms with Crippen LogP contribution < -0.4 is 0 Å². The summed E-state index contributed by atoms with van der Waals surface area (Å²) in [6.45, 7) is 9.38. The smallest absolute Gasteiger partial charge is 0.00856 e. The molecule has 0 N–H and O–H groups in total. The van der Waals surface area contributed by atoms with Gasteiger partial charge in [0, 0.05) is 5.92 Å². The van der Waals surface area contributed by atoms with E-state index in [1.54, 1.807) is 0 Å². The average molecular weight is 467 g/mol. The van der Waals surface area contributed by atoms with Crippen molar-refractivity contribution in [2.24, 2.45) is 5.92 Å². The van der Waals surface area contributed by atoms with Crippen LogP contribution in [0.1, 0.15) is 55.4 Å². The molecule has 0 aromatic heterocycles. The van der Waals surface area contributed by atoms with Gasteiger partial charge in [0.25, 0.3) is 0 Å². The van der Waals surface area contributed by atoms with Gasteiger partial charge in [0.05, 0.1) is 0 Å². The van der Waals surface area contributed by atoms with E-state index < -0.39 is 0 Å². The third-order valence-electron chi connectivity index (χ3n) is 8.44. The van der Waals surface area contributed by atoms with Crippen LogP contribution in [0.25, 0.3) is 43.1 Å². The Kier molecular flexibility index (Phi) is 5.76. The van der Waals surface area contributed by atoms with Gasteiger partial charge in [-0.2, -0.15) is 0 Å². The van der Waals surface area contributed by atoms with E-state index in [4.69, 9.17) is 0 Å². The highest BCUT2D eigenvalue weighted by molar-refractivity contribution is 6.10. The quantitative estimate of drug-likeness (QED) is 0.222. The first-order valence-corrected chi connectivity index (χ1v) is 13.4. The Morgan fingerprint density at radius 1 is 0.500 bits per heavy atom. The third-order valence-corrected chi connectivity index (χ3v) is 8.44. The van der Waals surface area contributed by atoms with Crippen LogP contribution >= 0.6 is 0 Å². The minimum Gasteiger partial charge on any atom is -0.0651 e. The summed E-state index contributed by atoms with van der Waals surface area (Å²) in [5.74, 6) is 0.901. The van der Waals surface area contributed by atoms with E-state index in [0.717, 1.165) is 6.42 Å². The average Bonchev–Trinajstić information content (AvgIpc) is 2.93. The second-order valence-electron chi connectivity index (χ2n) is 10.6. The molecule has 0 aliphatic carbocycles. The van der Waals surface area contributed by atoms with Gasteiger partial charge in [0.15, 0.2) is 0 Å². The molecule has 0 bridgehead atoms. The summed E-state index contributed by atoms with van der Waals surface area (Å²) in [6.07, 6.45) is 2.31. The molecule has 6 aromatic carbocycles. The van der Waals surface area contributed by atoms with Gasteiger partial charge in [-0.3, -0.25) is 0 Å². The first-order valence-electron chi connectivity index (χ1n) is 13.4. The van der Waals surface area contributed by atoms with Gasteiger partial charge in [-0.25, -0.2) is 0 Å². The molecule has 0 heteroatoms. The molecule has 178 valence electrons. The van der Waals surface area contributed by atoms with Crippen LogP contribution in [0.15, 0.2) is 97.1 Å². The number of rotatable bonds is 5. The molecule has 0 heterocycles.